The van der Waals surface area contributed by atoms with Crippen molar-refractivity contribution in [2.45, 2.75) is 30.7 Å². The molecule has 1 aromatic carbocycles. The molecule has 1 aromatic rings. The van der Waals surface area contributed by atoms with Gasteiger partial charge in [-0.05, 0) is 43.7 Å². The van der Waals surface area contributed by atoms with Crippen molar-refractivity contribution < 1.29 is 13.5 Å². The zero-order valence-corrected chi connectivity index (χ0v) is 13.9. The second-order valence-corrected chi connectivity index (χ2v) is 7.70. The first-order valence-corrected chi connectivity index (χ1v) is 9.43. The molecule has 20 heavy (non-hydrogen) atoms. The molecule has 0 amide bonds. The molecule has 4 nitrogen and oxygen atoms in total. The lowest BCUT2D eigenvalue weighted by Gasteiger charge is -2.23. The average Bonchev–Trinajstić information content (AvgIpc) is 2.45. The van der Waals surface area contributed by atoms with E-state index in [0.29, 0.717) is 11.3 Å². The Balaban J connectivity index is 2.87. The Labute approximate surface area is 126 Å². The molecule has 0 spiro atoms. The van der Waals surface area contributed by atoms with Crippen LogP contribution >= 0.6 is 11.8 Å². The minimum absolute atomic E-state index is 0.0379. The molecular formula is C14H23NO3S2. The number of hydrogen-bond acceptors (Lipinski definition) is 4. The largest absolute Gasteiger partial charge is 0.396 e. The van der Waals surface area contributed by atoms with E-state index < -0.39 is 10.0 Å². The van der Waals surface area contributed by atoms with E-state index in [9.17, 15) is 8.42 Å². The number of aliphatic hydroxyl groups excluding tert-OH is 1. The van der Waals surface area contributed by atoms with Crippen LogP contribution in [0.3, 0.4) is 0 Å². The molecule has 114 valence electrons. The summed E-state index contributed by atoms with van der Waals surface area (Å²) in [4.78, 5) is 0.320. The molecule has 0 aliphatic carbocycles. The van der Waals surface area contributed by atoms with E-state index in [1.807, 2.05) is 25.3 Å². The van der Waals surface area contributed by atoms with E-state index in [0.717, 1.165) is 17.7 Å². The molecule has 0 fully saturated rings. The predicted molar refractivity (Wildman–Crippen MR) is 84.6 cm³/mol. The molecule has 0 aliphatic heterocycles. The predicted octanol–water partition coefficient (Wildman–Crippen LogP) is 1.98. The third-order valence-electron chi connectivity index (χ3n) is 3.25. The Morgan fingerprint density at radius 3 is 2.40 bits per heavy atom. The third-order valence-corrected chi connectivity index (χ3v) is 6.05. The monoisotopic (exact) mass is 317 g/mol. The number of thioether (sulfide) groups is 1. The summed E-state index contributed by atoms with van der Waals surface area (Å²) in [5.41, 5.74) is 1.04. The van der Waals surface area contributed by atoms with Gasteiger partial charge in [-0.25, -0.2) is 8.42 Å². The number of hydrogen-bond donors (Lipinski definition) is 1. The summed E-state index contributed by atoms with van der Waals surface area (Å²) in [7, 11) is -1.81. The molecule has 0 saturated heterocycles. The summed E-state index contributed by atoms with van der Waals surface area (Å²) in [6.45, 7) is 2.05. The van der Waals surface area contributed by atoms with Gasteiger partial charge < -0.3 is 5.11 Å². The standard InChI is InChI=1S/C14H23NO3S2/c1-12(11-19-3)15(2)20(17,18)14-8-6-13(7-9-14)5-4-10-16/h6-9,12,16H,4-5,10-11H2,1-3H3. The molecule has 1 N–H and O–H groups in total. The third kappa shape index (κ3) is 4.48. The summed E-state index contributed by atoms with van der Waals surface area (Å²) in [6, 6.07) is 6.88. The van der Waals surface area contributed by atoms with E-state index in [-0.39, 0.29) is 12.6 Å². The number of sulfonamides is 1. The van der Waals surface area contributed by atoms with Crippen molar-refractivity contribution in [3.05, 3.63) is 29.8 Å². The summed E-state index contributed by atoms with van der Waals surface area (Å²) < 4.78 is 26.3. The van der Waals surface area contributed by atoms with Crippen molar-refractivity contribution >= 4 is 21.8 Å². The van der Waals surface area contributed by atoms with Crippen LogP contribution in [0, 0.1) is 0 Å². The van der Waals surface area contributed by atoms with Crippen LogP contribution in [0.15, 0.2) is 29.2 Å². The zero-order chi connectivity index (χ0) is 15.2. The summed E-state index contributed by atoms with van der Waals surface area (Å²) in [6.07, 6.45) is 3.42. The molecule has 0 saturated carbocycles. The van der Waals surface area contributed by atoms with Gasteiger partial charge in [0.25, 0.3) is 0 Å². The Bertz CT molecular complexity index is 500. The molecule has 0 radical (unpaired) electrons. The fraction of sp³-hybridized carbons (Fsp3) is 0.571. The first-order valence-electron chi connectivity index (χ1n) is 6.60. The van der Waals surface area contributed by atoms with Gasteiger partial charge in [-0.1, -0.05) is 12.1 Å². The number of aryl methyl sites for hydroxylation is 1. The van der Waals surface area contributed by atoms with E-state index in [4.69, 9.17) is 5.11 Å². The Morgan fingerprint density at radius 2 is 1.90 bits per heavy atom. The van der Waals surface area contributed by atoms with Crippen molar-refractivity contribution in [3.8, 4) is 0 Å². The molecule has 1 atom stereocenters. The van der Waals surface area contributed by atoms with E-state index in [1.165, 1.54) is 4.31 Å². The van der Waals surface area contributed by atoms with Gasteiger partial charge in [0.1, 0.15) is 0 Å². The molecule has 6 heteroatoms. The van der Waals surface area contributed by atoms with Gasteiger partial charge in [-0.15, -0.1) is 0 Å². The highest BCUT2D eigenvalue weighted by Gasteiger charge is 2.24. The Kier molecular flexibility index (Phi) is 7.02. The highest BCUT2D eigenvalue weighted by atomic mass is 32.2. The lowest BCUT2D eigenvalue weighted by atomic mass is 10.1. The number of aliphatic hydroxyl groups is 1. The molecular weight excluding hydrogens is 294 g/mol. The molecule has 0 heterocycles. The van der Waals surface area contributed by atoms with Crippen molar-refractivity contribution in [2.75, 3.05) is 25.7 Å². The molecule has 1 rings (SSSR count). The molecule has 0 aliphatic rings. The fourth-order valence-electron chi connectivity index (χ4n) is 1.86. The number of nitrogens with zero attached hydrogens (tertiary/aromatic N) is 1. The van der Waals surface area contributed by atoms with Gasteiger partial charge in [-0.3, -0.25) is 0 Å². The first kappa shape index (κ1) is 17.5. The minimum atomic E-state index is -3.43. The average molecular weight is 317 g/mol. The van der Waals surface area contributed by atoms with Gasteiger partial charge >= 0.3 is 0 Å². The first-order chi connectivity index (χ1) is 9.43. The van der Waals surface area contributed by atoms with Crippen LogP contribution in [0.1, 0.15) is 18.9 Å². The van der Waals surface area contributed by atoms with Crippen molar-refractivity contribution in [3.63, 3.8) is 0 Å². The smallest absolute Gasteiger partial charge is 0.243 e. The lowest BCUT2D eigenvalue weighted by Crippen LogP contribution is -2.36. The maximum Gasteiger partial charge on any atom is 0.243 e. The van der Waals surface area contributed by atoms with Crippen molar-refractivity contribution in [1.82, 2.24) is 4.31 Å². The van der Waals surface area contributed by atoms with E-state index >= 15 is 0 Å². The lowest BCUT2D eigenvalue weighted by molar-refractivity contribution is 0.288. The van der Waals surface area contributed by atoms with Gasteiger partial charge in [0.15, 0.2) is 0 Å². The van der Waals surface area contributed by atoms with Crippen LogP contribution in [0.4, 0.5) is 0 Å². The second kappa shape index (κ2) is 8.02. The van der Waals surface area contributed by atoms with Crippen LogP contribution in [0.2, 0.25) is 0 Å². The topological polar surface area (TPSA) is 57.6 Å². The van der Waals surface area contributed by atoms with Gasteiger partial charge in [0.2, 0.25) is 10.0 Å². The van der Waals surface area contributed by atoms with E-state index in [1.54, 1.807) is 30.9 Å². The normalized spacial score (nSPS) is 13.7. The summed E-state index contributed by atoms with van der Waals surface area (Å²) in [5, 5.41) is 8.79. The van der Waals surface area contributed by atoms with Gasteiger partial charge in [0.05, 0.1) is 4.90 Å². The number of rotatable bonds is 8. The fourth-order valence-corrected chi connectivity index (χ4v) is 4.02. The summed E-state index contributed by atoms with van der Waals surface area (Å²) >= 11 is 1.63. The maximum absolute atomic E-state index is 12.5. The van der Waals surface area contributed by atoms with Crippen molar-refractivity contribution in [2.24, 2.45) is 0 Å². The van der Waals surface area contributed by atoms with Gasteiger partial charge in [0, 0.05) is 25.4 Å². The minimum Gasteiger partial charge on any atom is -0.396 e. The van der Waals surface area contributed by atoms with Crippen molar-refractivity contribution in [1.29, 1.82) is 0 Å². The van der Waals surface area contributed by atoms with E-state index in [2.05, 4.69) is 0 Å². The van der Waals surface area contributed by atoms with Gasteiger partial charge in [-0.2, -0.15) is 16.1 Å². The van der Waals surface area contributed by atoms with Crippen LogP contribution in [-0.4, -0.2) is 49.5 Å². The molecule has 0 aromatic heterocycles. The summed E-state index contributed by atoms with van der Waals surface area (Å²) in [5.74, 6) is 0.768. The molecule has 1 unspecified atom stereocenters. The Morgan fingerprint density at radius 1 is 1.30 bits per heavy atom. The number of benzene rings is 1. The molecule has 0 bridgehead atoms. The van der Waals surface area contributed by atoms with Crippen LogP contribution in [0.25, 0.3) is 0 Å². The zero-order valence-electron chi connectivity index (χ0n) is 12.2. The Hall–Kier alpha value is -0.560. The second-order valence-electron chi connectivity index (χ2n) is 4.80. The van der Waals surface area contributed by atoms with Crippen LogP contribution in [0.5, 0.6) is 0 Å². The quantitative estimate of drug-likeness (QED) is 0.796. The highest BCUT2D eigenvalue weighted by Crippen LogP contribution is 2.19. The SMILES string of the molecule is CSCC(C)N(C)S(=O)(=O)c1ccc(CCCO)cc1. The maximum atomic E-state index is 12.5. The highest BCUT2D eigenvalue weighted by molar-refractivity contribution is 7.98. The van der Waals surface area contributed by atoms with Crippen LogP contribution < -0.4 is 0 Å². The van der Waals surface area contributed by atoms with Crippen LogP contribution in [-0.2, 0) is 16.4 Å².